The van der Waals surface area contributed by atoms with E-state index in [9.17, 15) is 0 Å². The minimum Gasteiger partial charge on any atom is -0.456 e. The van der Waals surface area contributed by atoms with Crippen LogP contribution in [0.3, 0.4) is 0 Å². The molecule has 0 radical (unpaired) electrons. The van der Waals surface area contributed by atoms with Crippen LogP contribution in [0.25, 0.3) is 159 Å². The number of pyridine rings is 1. The Kier molecular flexibility index (Phi) is 6.83. The second-order valence-corrected chi connectivity index (χ2v) is 18.6. The summed E-state index contributed by atoms with van der Waals surface area (Å²) < 4.78 is 26.9. The Bertz CT molecular complexity index is 5150. The first-order chi connectivity index (χ1) is 34.7. The zero-order valence-electron chi connectivity index (χ0n) is 37.1. The van der Waals surface area contributed by atoms with Crippen LogP contribution in [-0.4, -0.2) is 18.7 Å². The van der Waals surface area contributed by atoms with Crippen molar-refractivity contribution in [3.8, 4) is 17.1 Å². The van der Waals surface area contributed by atoms with Crippen molar-refractivity contribution in [2.24, 2.45) is 0 Å². The van der Waals surface area contributed by atoms with Gasteiger partial charge in [-0.1, -0.05) is 109 Å². The summed E-state index contributed by atoms with van der Waals surface area (Å²) in [4.78, 5) is 5.24. The molecule has 0 bridgehead atoms. The molecule has 17 rings (SSSR count). The number of hydrogen-bond donors (Lipinski definition) is 0. The summed E-state index contributed by atoms with van der Waals surface area (Å²) in [5, 5.41) is 14.3. The van der Waals surface area contributed by atoms with Gasteiger partial charge in [0.25, 0.3) is 0 Å². The maximum atomic E-state index is 6.55. The third kappa shape index (κ3) is 4.70. The molecule has 324 valence electrons. The van der Waals surface area contributed by atoms with Crippen molar-refractivity contribution in [1.82, 2.24) is 18.7 Å². The highest BCUT2D eigenvalue weighted by Gasteiger charge is 2.25. The van der Waals surface area contributed by atoms with Gasteiger partial charge in [-0.25, -0.2) is 0 Å². The molecular weight excluding hydrogens is 861 g/mol. The lowest BCUT2D eigenvalue weighted by Crippen LogP contribution is -2.05. The van der Waals surface area contributed by atoms with E-state index in [1.807, 2.05) is 30.5 Å². The van der Waals surface area contributed by atoms with Gasteiger partial charge in [0.1, 0.15) is 33.5 Å². The first kappa shape index (κ1) is 36.5. The van der Waals surface area contributed by atoms with Crippen LogP contribution < -0.4 is 0 Å². The van der Waals surface area contributed by atoms with Gasteiger partial charge in [0.2, 0.25) is 0 Å². The summed E-state index contributed by atoms with van der Waals surface area (Å²) in [5.41, 5.74) is 15.7. The van der Waals surface area contributed by atoms with Crippen LogP contribution in [0.5, 0.6) is 0 Å². The van der Waals surface area contributed by atoms with Gasteiger partial charge >= 0.3 is 0 Å². The molecule has 7 heterocycles. The van der Waals surface area contributed by atoms with Crippen molar-refractivity contribution < 1.29 is 13.3 Å². The molecule has 0 amide bonds. The van der Waals surface area contributed by atoms with Crippen LogP contribution >= 0.6 is 0 Å². The molecule has 0 aliphatic carbocycles. The van der Waals surface area contributed by atoms with E-state index in [1.165, 1.54) is 0 Å². The highest BCUT2D eigenvalue weighted by Crippen LogP contribution is 2.45. The molecule has 10 aromatic carbocycles. The summed E-state index contributed by atoms with van der Waals surface area (Å²) in [7, 11) is 0. The first-order valence-electron chi connectivity index (χ1n) is 23.7. The third-order valence-corrected chi connectivity index (χ3v) is 15.1. The lowest BCUT2D eigenvalue weighted by Gasteiger charge is -2.19. The van der Waals surface area contributed by atoms with Crippen LogP contribution in [0.1, 0.15) is 0 Å². The Labute approximate surface area is 395 Å². The minimum atomic E-state index is 0.867. The van der Waals surface area contributed by atoms with Gasteiger partial charge < -0.3 is 27.0 Å². The van der Waals surface area contributed by atoms with Crippen LogP contribution in [0.4, 0.5) is 0 Å². The molecule has 7 nitrogen and oxygen atoms in total. The summed E-state index contributed by atoms with van der Waals surface area (Å²) in [6.45, 7) is 0. The molecule has 0 saturated heterocycles. The number of nitrogens with zero attached hydrogens (tertiary/aromatic N) is 4. The van der Waals surface area contributed by atoms with Crippen LogP contribution in [-0.2, 0) is 0 Å². The van der Waals surface area contributed by atoms with Crippen molar-refractivity contribution in [2.45, 2.75) is 0 Å². The van der Waals surface area contributed by atoms with Crippen molar-refractivity contribution in [1.29, 1.82) is 0 Å². The average molecular weight is 895 g/mol. The fourth-order valence-corrected chi connectivity index (χ4v) is 12.0. The number of rotatable bonds is 3. The molecule has 0 aliphatic rings. The van der Waals surface area contributed by atoms with E-state index in [2.05, 4.69) is 190 Å². The molecule has 17 aromatic rings. The lowest BCUT2D eigenvalue weighted by atomic mass is 10.1. The maximum Gasteiger partial charge on any atom is 0.136 e. The van der Waals surface area contributed by atoms with E-state index >= 15 is 0 Å². The van der Waals surface area contributed by atoms with Gasteiger partial charge in [-0.3, -0.25) is 4.98 Å². The summed E-state index contributed by atoms with van der Waals surface area (Å²) in [6, 6.07) is 71.6. The van der Waals surface area contributed by atoms with Crippen LogP contribution in [0, 0.1) is 0 Å². The molecule has 0 aliphatic heterocycles. The number of furan rings is 3. The molecule has 0 N–H and O–H groups in total. The average Bonchev–Trinajstić information content (AvgIpc) is 4.25. The van der Waals surface area contributed by atoms with Crippen molar-refractivity contribution >= 4 is 142 Å². The number of para-hydroxylation sites is 6. The molecule has 0 unspecified atom stereocenters. The number of benzene rings is 10. The molecule has 7 aromatic heterocycles. The van der Waals surface area contributed by atoms with Crippen molar-refractivity contribution in [3.63, 3.8) is 0 Å². The highest BCUT2D eigenvalue weighted by atomic mass is 16.3. The van der Waals surface area contributed by atoms with Gasteiger partial charge in [-0.05, 0) is 91.0 Å². The maximum absolute atomic E-state index is 6.55. The van der Waals surface area contributed by atoms with Gasteiger partial charge in [0, 0.05) is 76.2 Å². The molecule has 0 atom stereocenters. The molecule has 0 fully saturated rings. The zero-order valence-corrected chi connectivity index (χ0v) is 37.1. The van der Waals surface area contributed by atoms with E-state index in [1.54, 1.807) is 0 Å². The second-order valence-electron chi connectivity index (χ2n) is 18.6. The predicted octanol–water partition coefficient (Wildman–Crippen LogP) is 17.2. The Balaban J connectivity index is 1.05. The highest BCUT2D eigenvalue weighted by molar-refractivity contribution is 6.21. The SMILES string of the molecule is c1ccc2c(c1)oc1cc3c4ccccc4n(-c4cc5nccc(-n6c7ccccc7c7cc8oc9ccccc9c8cc76)c5cc4-n4c5ccccc5c5cc6oc7ccccc7c6cc54)c3cc12. The largest absolute Gasteiger partial charge is 0.456 e. The smallest absolute Gasteiger partial charge is 0.136 e. The normalized spacial score (nSPS) is 12.6. The number of fused-ring (bicyclic) bond motifs is 19. The van der Waals surface area contributed by atoms with Gasteiger partial charge in [-0.15, -0.1) is 0 Å². The Hall–Kier alpha value is -9.59. The van der Waals surface area contributed by atoms with Gasteiger partial charge in [-0.2, -0.15) is 0 Å². The monoisotopic (exact) mass is 894 g/mol. The summed E-state index contributed by atoms with van der Waals surface area (Å²) >= 11 is 0. The lowest BCUT2D eigenvalue weighted by molar-refractivity contribution is 0.669. The summed E-state index contributed by atoms with van der Waals surface area (Å²) in [6.07, 6.45) is 1.96. The fraction of sp³-hybridized carbons (Fsp3) is 0. The molecule has 0 spiro atoms. The first-order valence-corrected chi connectivity index (χ1v) is 23.7. The zero-order chi connectivity index (χ0) is 45.3. The van der Waals surface area contributed by atoms with E-state index in [-0.39, 0.29) is 0 Å². The second kappa shape index (κ2) is 13.1. The van der Waals surface area contributed by atoms with E-state index in [0.29, 0.717) is 0 Å². The topological polar surface area (TPSA) is 67.1 Å². The van der Waals surface area contributed by atoms with Crippen molar-refractivity contribution in [2.75, 3.05) is 0 Å². The van der Waals surface area contributed by atoms with Gasteiger partial charge in [0.15, 0.2) is 0 Å². The van der Waals surface area contributed by atoms with E-state index in [0.717, 1.165) is 159 Å². The molecule has 7 heteroatoms. The third-order valence-electron chi connectivity index (χ3n) is 15.1. The van der Waals surface area contributed by atoms with Crippen LogP contribution in [0.2, 0.25) is 0 Å². The van der Waals surface area contributed by atoms with E-state index in [4.69, 9.17) is 18.2 Å². The predicted molar refractivity (Wildman–Crippen MR) is 287 cm³/mol. The standard InChI is InChI=1S/C63H34N4O3/c1-7-19-49-35(13-1)41-31-61-44(38-16-4-10-22-58(38)68-61)27-53(41)65(49)52-25-26-64-48-34-57(67-51-21-9-3-15-37(51)43-33-63-46(29-55(43)67)40-18-6-12-24-60(40)70-63)56(30-47(48)52)66-50-20-8-2-14-36(50)42-32-62-45(28-54(42)66)39-17-5-11-23-59(39)69-62/h1-34H. The van der Waals surface area contributed by atoms with Crippen molar-refractivity contribution in [3.05, 3.63) is 206 Å². The summed E-state index contributed by atoms with van der Waals surface area (Å²) in [5.74, 6) is 0. The quantitative estimate of drug-likeness (QED) is 0.177. The molecule has 70 heavy (non-hydrogen) atoms. The van der Waals surface area contributed by atoms with Gasteiger partial charge in [0.05, 0.1) is 55.7 Å². The molecular formula is C63H34N4O3. The molecule has 0 saturated carbocycles. The Morgan fingerprint density at radius 2 is 0.600 bits per heavy atom. The Morgan fingerprint density at radius 1 is 0.243 bits per heavy atom. The van der Waals surface area contributed by atoms with Crippen LogP contribution in [0.15, 0.2) is 220 Å². The minimum absolute atomic E-state index is 0.867. The Morgan fingerprint density at radius 3 is 1.03 bits per heavy atom. The fourth-order valence-electron chi connectivity index (χ4n) is 12.0. The van der Waals surface area contributed by atoms with E-state index < -0.39 is 0 Å². The number of hydrogen-bond acceptors (Lipinski definition) is 4. The number of aromatic nitrogens is 4.